The molecule has 1 atom stereocenters. The first-order valence-electron chi connectivity index (χ1n) is 7.89. The van der Waals surface area contributed by atoms with Crippen molar-refractivity contribution in [3.05, 3.63) is 22.3 Å². The quantitative estimate of drug-likeness (QED) is 0.735. The SMILES string of the molecule is CCC(C)(N)C1=C(C(C)C)CC(C(C)C)=C1C(C)C. The number of hydrogen-bond donors (Lipinski definition) is 1. The second-order valence-electron chi connectivity index (χ2n) is 7.25. The van der Waals surface area contributed by atoms with Crippen molar-refractivity contribution in [3.63, 3.8) is 0 Å². The fourth-order valence-electron chi connectivity index (χ4n) is 3.24. The third-order valence-corrected chi connectivity index (χ3v) is 4.59. The Morgan fingerprint density at radius 3 is 1.74 bits per heavy atom. The van der Waals surface area contributed by atoms with Crippen LogP contribution in [0.25, 0.3) is 0 Å². The van der Waals surface area contributed by atoms with Crippen LogP contribution in [0.3, 0.4) is 0 Å². The molecule has 0 bridgehead atoms. The molecule has 1 rings (SSSR count). The summed E-state index contributed by atoms with van der Waals surface area (Å²) in [6, 6.07) is 0. The summed E-state index contributed by atoms with van der Waals surface area (Å²) in [6.07, 6.45) is 2.14. The van der Waals surface area contributed by atoms with Gasteiger partial charge in [-0.3, -0.25) is 0 Å². The lowest BCUT2D eigenvalue weighted by atomic mass is 9.78. The van der Waals surface area contributed by atoms with E-state index in [1.54, 1.807) is 16.7 Å². The second kappa shape index (κ2) is 5.83. The summed E-state index contributed by atoms with van der Waals surface area (Å²) in [4.78, 5) is 0. The Bertz CT molecular complexity index is 392. The van der Waals surface area contributed by atoms with Crippen LogP contribution in [0.1, 0.15) is 68.2 Å². The Balaban J connectivity index is 3.46. The van der Waals surface area contributed by atoms with Gasteiger partial charge < -0.3 is 5.73 Å². The molecule has 0 amide bonds. The van der Waals surface area contributed by atoms with Gasteiger partial charge in [-0.1, -0.05) is 59.6 Å². The molecular formula is C18H33N. The molecule has 0 aromatic carbocycles. The topological polar surface area (TPSA) is 26.0 Å². The highest BCUT2D eigenvalue weighted by Crippen LogP contribution is 2.46. The van der Waals surface area contributed by atoms with E-state index in [0.717, 1.165) is 12.8 Å². The molecule has 2 N–H and O–H groups in total. The van der Waals surface area contributed by atoms with E-state index in [-0.39, 0.29) is 5.54 Å². The molecule has 0 radical (unpaired) electrons. The molecule has 0 saturated carbocycles. The third-order valence-electron chi connectivity index (χ3n) is 4.59. The molecule has 1 unspecified atom stereocenters. The average Bonchev–Trinajstić information content (AvgIpc) is 2.69. The van der Waals surface area contributed by atoms with Crippen molar-refractivity contribution in [1.29, 1.82) is 0 Å². The van der Waals surface area contributed by atoms with Gasteiger partial charge in [0.25, 0.3) is 0 Å². The van der Waals surface area contributed by atoms with Crippen molar-refractivity contribution in [2.75, 3.05) is 0 Å². The number of rotatable bonds is 5. The highest BCUT2D eigenvalue weighted by Gasteiger charge is 2.36. The van der Waals surface area contributed by atoms with Crippen LogP contribution >= 0.6 is 0 Å². The molecule has 0 aliphatic heterocycles. The van der Waals surface area contributed by atoms with Gasteiger partial charge in [-0.25, -0.2) is 0 Å². The molecule has 0 spiro atoms. The zero-order chi connectivity index (χ0) is 15.0. The maximum Gasteiger partial charge on any atom is 0.0381 e. The van der Waals surface area contributed by atoms with Gasteiger partial charge >= 0.3 is 0 Å². The Morgan fingerprint density at radius 1 is 0.947 bits per heavy atom. The minimum Gasteiger partial charge on any atom is -0.322 e. The van der Waals surface area contributed by atoms with Gasteiger partial charge in [0, 0.05) is 5.54 Å². The summed E-state index contributed by atoms with van der Waals surface area (Å²) in [5.41, 5.74) is 12.7. The summed E-state index contributed by atoms with van der Waals surface area (Å²) in [5, 5.41) is 0. The molecule has 1 nitrogen and oxygen atoms in total. The van der Waals surface area contributed by atoms with Crippen LogP contribution in [0, 0.1) is 17.8 Å². The Labute approximate surface area is 120 Å². The maximum absolute atomic E-state index is 6.65. The van der Waals surface area contributed by atoms with Crippen LogP contribution in [0.15, 0.2) is 22.3 Å². The first-order chi connectivity index (χ1) is 8.63. The first kappa shape index (κ1) is 16.5. The number of allylic oxidation sites excluding steroid dienone is 2. The summed E-state index contributed by atoms with van der Waals surface area (Å²) < 4.78 is 0. The predicted molar refractivity (Wildman–Crippen MR) is 86.1 cm³/mol. The van der Waals surface area contributed by atoms with Crippen molar-refractivity contribution in [3.8, 4) is 0 Å². The Hall–Kier alpha value is -0.560. The molecule has 0 fully saturated rings. The summed E-state index contributed by atoms with van der Waals surface area (Å²) in [6.45, 7) is 18.3. The molecule has 1 aliphatic carbocycles. The zero-order valence-electron chi connectivity index (χ0n) is 14.2. The van der Waals surface area contributed by atoms with E-state index in [1.807, 2.05) is 0 Å². The molecule has 19 heavy (non-hydrogen) atoms. The highest BCUT2D eigenvalue weighted by atomic mass is 14.7. The van der Waals surface area contributed by atoms with Crippen LogP contribution in [0.4, 0.5) is 0 Å². The van der Waals surface area contributed by atoms with Crippen molar-refractivity contribution in [2.45, 2.75) is 73.8 Å². The Kier molecular flexibility index (Phi) is 5.06. The number of hydrogen-bond acceptors (Lipinski definition) is 1. The van der Waals surface area contributed by atoms with Crippen molar-refractivity contribution in [1.82, 2.24) is 0 Å². The second-order valence-corrected chi connectivity index (χ2v) is 7.25. The smallest absolute Gasteiger partial charge is 0.0381 e. The first-order valence-corrected chi connectivity index (χ1v) is 7.89. The van der Waals surface area contributed by atoms with Gasteiger partial charge in [-0.15, -0.1) is 0 Å². The molecular weight excluding hydrogens is 230 g/mol. The lowest BCUT2D eigenvalue weighted by molar-refractivity contribution is 0.513. The molecule has 110 valence electrons. The van der Waals surface area contributed by atoms with E-state index in [4.69, 9.17) is 5.73 Å². The van der Waals surface area contributed by atoms with Crippen molar-refractivity contribution in [2.24, 2.45) is 23.5 Å². The standard InChI is InChI=1S/C18H33N/c1-9-18(8,19)17-15(12(4)5)10-14(11(2)3)16(17)13(6)7/h11-13H,9-10,19H2,1-8H3. The van der Waals surface area contributed by atoms with Crippen LogP contribution in [0.2, 0.25) is 0 Å². The highest BCUT2D eigenvalue weighted by molar-refractivity contribution is 5.54. The minimum atomic E-state index is -0.185. The molecule has 0 saturated heterocycles. The lowest BCUT2D eigenvalue weighted by Gasteiger charge is -2.31. The molecule has 0 heterocycles. The fourth-order valence-corrected chi connectivity index (χ4v) is 3.24. The van der Waals surface area contributed by atoms with Gasteiger partial charge in [0.15, 0.2) is 0 Å². The van der Waals surface area contributed by atoms with E-state index >= 15 is 0 Å². The molecule has 1 heteroatoms. The van der Waals surface area contributed by atoms with Gasteiger partial charge in [0.1, 0.15) is 0 Å². The minimum absolute atomic E-state index is 0.185. The van der Waals surface area contributed by atoms with Gasteiger partial charge in [0.05, 0.1) is 0 Å². The molecule has 0 aromatic rings. The van der Waals surface area contributed by atoms with Crippen molar-refractivity contribution >= 4 is 0 Å². The van der Waals surface area contributed by atoms with Gasteiger partial charge in [-0.2, -0.15) is 0 Å². The van der Waals surface area contributed by atoms with E-state index < -0.39 is 0 Å². The van der Waals surface area contributed by atoms with E-state index in [1.165, 1.54) is 5.57 Å². The molecule has 1 aliphatic rings. The van der Waals surface area contributed by atoms with Gasteiger partial charge in [-0.05, 0) is 48.7 Å². The van der Waals surface area contributed by atoms with Crippen molar-refractivity contribution < 1.29 is 0 Å². The summed E-state index contributed by atoms with van der Waals surface area (Å²) in [5.74, 6) is 1.78. The van der Waals surface area contributed by atoms with Crippen LogP contribution < -0.4 is 5.73 Å². The number of nitrogens with two attached hydrogens (primary N) is 1. The van der Waals surface area contributed by atoms with E-state index in [9.17, 15) is 0 Å². The normalized spacial score (nSPS) is 20.2. The Morgan fingerprint density at radius 2 is 1.42 bits per heavy atom. The largest absolute Gasteiger partial charge is 0.322 e. The van der Waals surface area contributed by atoms with E-state index in [2.05, 4.69) is 55.4 Å². The average molecular weight is 263 g/mol. The van der Waals surface area contributed by atoms with Crippen LogP contribution in [-0.4, -0.2) is 5.54 Å². The summed E-state index contributed by atoms with van der Waals surface area (Å²) in [7, 11) is 0. The monoisotopic (exact) mass is 263 g/mol. The van der Waals surface area contributed by atoms with Crippen LogP contribution in [-0.2, 0) is 0 Å². The van der Waals surface area contributed by atoms with Gasteiger partial charge in [0.2, 0.25) is 0 Å². The van der Waals surface area contributed by atoms with Crippen LogP contribution in [0.5, 0.6) is 0 Å². The third kappa shape index (κ3) is 3.13. The lowest BCUT2D eigenvalue weighted by Crippen LogP contribution is -2.39. The maximum atomic E-state index is 6.65. The predicted octanol–water partition coefficient (Wildman–Crippen LogP) is 5.08. The zero-order valence-corrected chi connectivity index (χ0v) is 14.2. The fraction of sp³-hybridized carbons (Fsp3) is 0.778. The molecule has 0 aromatic heterocycles. The van der Waals surface area contributed by atoms with E-state index in [0.29, 0.717) is 17.8 Å². The summed E-state index contributed by atoms with van der Waals surface area (Å²) >= 11 is 0.